The van der Waals surface area contributed by atoms with Crippen molar-refractivity contribution in [3.05, 3.63) is 86.1 Å². The van der Waals surface area contributed by atoms with Crippen LogP contribution in [-0.2, 0) is 0 Å². The molecule has 162 valence electrons. The number of halogens is 2. The Bertz CT molecular complexity index is 1300. The number of nitrogens with zero attached hydrogens (tertiary/aromatic N) is 3. The summed E-state index contributed by atoms with van der Waals surface area (Å²) in [4.78, 5) is 30.3. The first-order valence-corrected chi connectivity index (χ1v) is 11.5. The summed E-state index contributed by atoms with van der Waals surface area (Å²) in [7, 11) is 0. The van der Waals surface area contributed by atoms with Crippen LogP contribution in [0.3, 0.4) is 0 Å². The van der Waals surface area contributed by atoms with E-state index in [-0.39, 0.29) is 16.6 Å². The molecule has 4 aromatic rings. The lowest BCUT2D eigenvalue weighted by atomic mass is 10.2. The zero-order chi connectivity index (χ0) is 22.8. The van der Waals surface area contributed by atoms with Gasteiger partial charge in [-0.25, -0.2) is 9.67 Å². The van der Waals surface area contributed by atoms with Crippen molar-refractivity contribution < 1.29 is 9.59 Å². The Morgan fingerprint density at radius 1 is 0.969 bits per heavy atom. The van der Waals surface area contributed by atoms with Crippen LogP contribution in [0, 0.1) is 13.8 Å². The molecule has 0 radical (unpaired) electrons. The van der Waals surface area contributed by atoms with Gasteiger partial charge in [-0.3, -0.25) is 14.9 Å². The fraction of sp³-hybridized carbons (Fsp3) is 0.0909. The molecule has 0 bridgehead atoms. The Balaban J connectivity index is 1.53. The van der Waals surface area contributed by atoms with Crippen LogP contribution in [0.25, 0.3) is 5.69 Å². The molecule has 0 aliphatic heterocycles. The highest BCUT2D eigenvalue weighted by Crippen LogP contribution is 2.28. The maximum absolute atomic E-state index is 12.9. The SMILES string of the molecule is Cc1nc(NC(=O)c2c(C)nn(-c3ccccc3)c2Cl)sc1C(=O)Nc1ccc(Br)cc1. The van der Waals surface area contributed by atoms with Gasteiger partial charge in [-0.2, -0.15) is 5.10 Å². The van der Waals surface area contributed by atoms with Crippen LogP contribution in [0.4, 0.5) is 10.8 Å². The molecule has 2 aromatic heterocycles. The van der Waals surface area contributed by atoms with Gasteiger partial charge in [-0.05, 0) is 50.2 Å². The maximum Gasteiger partial charge on any atom is 0.267 e. The quantitative estimate of drug-likeness (QED) is 0.338. The lowest BCUT2D eigenvalue weighted by molar-refractivity contribution is 0.101. The Kier molecular flexibility index (Phi) is 6.40. The molecular weight excluding hydrogens is 514 g/mol. The molecule has 4 rings (SSSR count). The summed E-state index contributed by atoms with van der Waals surface area (Å²) in [5, 5.41) is 10.5. The highest BCUT2D eigenvalue weighted by Gasteiger charge is 2.23. The number of thiazole rings is 1. The monoisotopic (exact) mass is 529 g/mol. The number of nitrogens with one attached hydrogen (secondary N) is 2. The van der Waals surface area contributed by atoms with E-state index in [0.717, 1.165) is 21.5 Å². The summed E-state index contributed by atoms with van der Waals surface area (Å²) in [6.45, 7) is 3.43. The van der Waals surface area contributed by atoms with E-state index in [0.29, 0.717) is 27.1 Å². The molecule has 0 spiro atoms. The number of carbonyl (C=O) groups is 2. The zero-order valence-electron chi connectivity index (χ0n) is 17.0. The van der Waals surface area contributed by atoms with Crippen molar-refractivity contribution >= 4 is 61.5 Å². The third-order valence-electron chi connectivity index (χ3n) is 4.56. The van der Waals surface area contributed by atoms with Gasteiger partial charge < -0.3 is 5.32 Å². The Morgan fingerprint density at radius 2 is 1.66 bits per heavy atom. The van der Waals surface area contributed by atoms with Crippen molar-refractivity contribution in [1.82, 2.24) is 14.8 Å². The summed E-state index contributed by atoms with van der Waals surface area (Å²) in [6, 6.07) is 16.6. The first-order chi connectivity index (χ1) is 15.3. The number of benzene rings is 2. The van der Waals surface area contributed by atoms with Crippen LogP contribution in [-0.4, -0.2) is 26.6 Å². The number of anilines is 2. The molecule has 2 amide bonds. The average molecular weight is 531 g/mol. The number of aromatic nitrogens is 3. The second-order valence-corrected chi connectivity index (χ2v) is 9.12. The van der Waals surface area contributed by atoms with Crippen LogP contribution >= 0.6 is 38.9 Å². The van der Waals surface area contributed by atoms with Gasteiger partial charge in [0.15, 0.2) is 5.13 Å². The Morgan fingerprint density at radius 3 is 2.34 bits per heavy atom. The molecule has 32 heavy (non-hydrogen) atoms. The van der Waals surface area contributed by atoms with E-state index in [1.165, 1.54) is 4.68 Å². The Hall–Kier alpha value is -3.01. The number of hydrogen-bond acceptors (Lipinski definition) is 5. The number of para-hydroxylation sites is 1. The highest BCUT2D eigenvalue weighted by atomic mass is 79.9. The topological polar surface area (TPSA) is 88.9 Å². The first-order valence-electron chi connectivity index (χ1n) is 9.49. The number of amides is 2. The van der Waals surface area contributed by atoms with Gasteiger partial charge in [0.25, 0.3) is 11.8 Å². The largest absolute Gasteiger partial charge is 0.321 e. The Labute approximate surface area is 201 Å². The van der Waals surface area contributed by atoms with E-state index >= 15 is 0 Å². The fourth-order valence-electron chi connectivity index (χ4n) is 3.04. The van der Waals surface area contributed by atoms with Crippen molar-refractivity contribution in [2.45, 2.75) is 13.8 Å². The average Bonchev–Trinajstić information content (AvgIpc) is 3.28. The van der Waals surface area contributed by atoms with Crippen LogP contribution in [0.2, 0.25) is 5.15 Å². The summed E-state index contributed by atoms with van der Waals surface area (Å²) in [5.41, 5.74) is 2.66. The minimum absolute atomic E-state index is 0.202. The predicted molar refractivity (Wildman–Crippen MR) is 130 cm³/mol. The third-order valence-corrected chi connectivity index (χ3v) is 6.51. The summed E-state index contributed by atoms with van der Waals surface area (Å²) in [6.07, 6.45) is 0. The summed E-state index contributed by atoms with van der Waals surface area (Å²) >= 11 is 10.9. The molecule has 10 heteroatoms. The van der Waals surface area contributed by atoms with E-state index in [9.17, 15) is 9.59 Å². The van der Waals surface area contributed by atoms with Crippen LogP contribution in [0.5, 0.6) is 0 Å². The molecule has 2 heterocycles. The van der Waals surface area contributed by atoms with Gasteiger partial charge in [0.1, 0.15) is 15.6 Å². The minimum atomic E-state index is -0.441. The second-order valence-electron chi connectivity index (χ2n) is 6.85. The number of carbonyl (C=O) groups excluding carboxylic acids is 2. The van der Waals surface area contributed by atoms with Gasteiger partial charge in [0.2, 0.25) is 0 Å². The van der Waals surface area contributed by atoms with E-state index in [4.69, 9.17) is 11.6 Å². The molecule has 0 aliphatic rings. The molecule has 0 unspecified atom stereocenters. The normalized spacial score (nSPS) is 10.8. The smallest absolute Gasteiger partial charge is 0.267 e. The molecule has 2 aromatic carbocycles. The van der Waals surface area contributed by atoms with E-state index in [1.54, 1.807) is 26.0 Å². The molecule has 0 aliphatic carbocycles. The van der Waals surface area contributed by atoms with Gasteiger partial charge in [0, 0.05) is 10.2 Å². The van der Waals surface area contributed by atoms with Crippen LogP contribution < -0.4 is 10.6 Å². The zero-order valence-corrected chi connectivity index (χ0v) is 20.2. The number of aryl methyl sites for hydroxylation is 2. The third kappa shape index (κ3) is 4.59. The molecular formula is C22H17BrClN5O2S. The van der Waals surface area contributed by atoms with Gasteiger partial charge >= 0.3 is 0 Å². The van der Waals surface area contributed by atoms with E-state index in [1.807, 2.05) is 42.5 Å². The van der Waals surface area contributed by atoms with Gasteiger partial charge in [-0.1, -0.05) is 57.1 Å². The van der Waals surface area contributed by atoms with Crippen LogP contribution in [0.15, 0.2) is 59.1 Å². The first kappa shape index (κ1) is 22.2. The van der Waals surface area contributed by atoms with E-state index < -0.39 is 5.91 Å². The maximum atomic E-state index is 12.9. The molecule has 2 N–H and O–H groups in total. The van der Waals surface area contributed by atoms with Crippen LogP contribution in [0.1, 0.15) is 31.4 Å². The molecule has 7 nitrogen and oxygen atoms in total. The second kappa shape index (κ2) is 9.23. The van der Waals surface area contributed by atoms with Crippen molar-refractivity contribution in [2.75, 3.05) is 10.6 Å². The van der Waals surface area contributed by atoms with Crippen molar-refractivity contribution in [1.29, 1.82) is 0 Å². The number of rotatable bonds is 5. The predicted octanol–water partition coefficient (Wildman–Crippen LogP) is 5.87. The summed E-state index contributed by atoms with van der Waals surface area (Å²) in [5.74, 6) is -0.739. The van der Waals surface area contributed by atoms with Crippen molar-refractivity contribution in [3.63, 3.8) is 0 Å². The molecule has 0 fully saturated rings. The molecule has 0 atom stereocenters. The number of hydrogen-bond donors (Lipinski definition) is 2. The van der Waals surface area contributed by atoms with Crippen molar-refractivity contribution in [3.8, 4) is 5.69 Å². The standard InChI is InChI=1S/C22H17BrClN5O2S/c1-12-17(19(24)29(28-12)16-6-4-3-5-7-16)20(30)27-22-25-13(2)18(32-22)21(31)26-15-10-8-14(23)9-11-15/h3-11H,1-2H3,(H,26,31)(H,25,27,30). The summed E-state index contributed by atoms with van der Waals surface area (Å²) < 4.78 is 2.43. The minimum Gasteiger partial charge on any atom is -0.321 e. The van der Waals surface area contributed by atoms with Gasteiger partial charge in [-0.15, -0.1) is 0 Å². The fourth-order valence-corrected chi connectivity index (χ4v) is 4.52. The molecule has 0 saturated carbocycles. The highest BCUT2D eigenvalue weighted by molar-refractivity contribution is 9.10. The van der Waals surface area contributed by atoms with Crippen molar-refractivity contribution in [2.24, 2.45) is 0 Å². The molecule has 0 saturated heterocycles. The van der Waals surface area contributed by atoms with Gasteiger partial charge in [0.05, 0.1) is 17.1 Å². The van der Waals surface area contributed by atoms with E-state index in [2.05, 4.69) is 36.6 Å². The lowest BCUT2D eigenvalue weighted by Crippen LogP contribution is -2.13. The lowest BCUT2D eigenvalue weighted by Gasteiger charge is -2.04.